The molecule has 1 heteroatoms. The standard InChI is InChI=1S/C4H5O/c1-2-4-3-5-4/h4H,1,3H2. The second-order valence-electron chi connectivity index (χ2n) is 1.03. The minimum Gasteiger partial charge on any atom is -0.368 e. The van der Waals surface area contributed by atoms with Crippen molar-refractivity contribution >= 4 is 0 Å². The predicted octanol–water partition coefficient (Wildman–Crippen LogP) is 0.374. The van der Waals surface area contributed by atoms with Crippen molar-refractivity contribution in [1.29, 1.82) is 0 Å². The summed E-state index contributed by atoms with van der Waals surface area (Å²) in [6.45, 7) is 4.21. The van der Waals surface area contributed by atoms with Gasteiger partial charge in [-0.05, 0) is 6.08 Å². The van der Waals surface area contributed by atoms with Crippen LogP contribution >= 0.6 is 0 Å². The van der Waals surface area contributed by atoms with Crippen molar-refractivity contribution in [3.63, 3.8) is 0 Å². The Balaban J connectivity index is 2.21. The molecule has 27 valence electrons. The van der Waals surface area contributed by atoms with Gasteiger partial charge in [0.05, 0.1) is 6.61 Å². The molecule has 1 rings (SSSR count). The molecule has 0 saturated carbocycles. The van der Waals surface area contributed by atoms with Crippen LogP contribution in [0.4, 0.5) is 0 Å². The van der Waals surface area contributed by atoms with Gasteiger partial charge in [-0.25, -0.2) is 0 Å². The van der Waals surface area contributed by atoms with Crippen LogP contribution in [0.5, 0.6) is 0 Å². The molecule has 1 aliphatic heterocycles. The molecule has 0 aromatic heterocycles. The summed E-state index contributed by atoms with van der Waals surface area (Å²) in [5.41, 5.74) is 0. The topological polar surface area (TPSA) is 12.5 Å². The Kier molecular flexibility index (Phi) is 0.484. The number of hydrogen-bond acceptors (Lipinski definition) is 1. The molecular formula is C4H5O. The van der Waals surface area contributed by atoms with E-state index >= 15 is 0 Å². The summed E-state index contributed by atoms with van der Waals surface area (Å²) in [6, 6.07) is 0. The highest BCUT2D eigenvalue weighted by Crippen LogP contribution is 2.06. The molecule has 0 aromatic carbocycles. The summed E-state index contributed by atoms with van der Waals surface area (Å²) in [5.74, 6) is 0. The van der Waals surface area contributed by atoms with E-state index in [2.05, 4.69) is 17.4 Å². The molecule has 0 spiro atoms. The second-order valence-corrected chi connectivity index (χ2v) is 1.03. The highest BCUT2D eigenvalue weighted by molar-refractivity contribution is 4.79. The maximum Gasteiger partial charge on any atom is 0.106 e. The molecule has 0 bridgehead atoms. The molecule has 1 nitrogen and oxygen atoms in total. The average Bonchev–Trinajstić information content (AvgIpc) is 2.12. The minimum absolute atomic E-state index is 0.273. The van der Waals surface area contributed by atoms with Crippen LogP contribution in [-0.4, -0.2) is 12.7 Å². The molecular weight excluding hydrogens is 64.0 g/mol. The summed E-state index contributed by atoms with van der Waals surface area (Å²) < 4.78 is 4.68. The van der Waals surface area contributed by atoms with Crippen molar-refractivity contribution in [2.75, 3.05) is 6.61 Å². The Morgan fingerprint density at radius 2 is 2.60 bits per heavy atom. The SMILES string of the molecule is C=[C]C1CO1. The van der Waals surface area contributed by atoms with Gasteiger partial charge in [0.1, 0.15) is 6.10 Å². The van der Waals surface area contributed by atoms with Crippen molar-refractivity contribution in [2.24, 2.45) is 0 Å². The molecule has 5 heavy (non-hydrogen) atoms. The molecule has 0 amide bonds. The minimum atomic E-state index is 0.273. The molecule has 0 aromatic rings. The van der Waals surface area contributed by atoms with E-state index < -0.39 is 0 Å². The lowest BCUT2D eigenvalue weighted by Gasteiger charge is -1.58. The maximum atomic E-state index is 4.68. The largest absolute Gasteiger partial charge is 0.368 e. The fourth-order valence-electron chi connectivity index (χ4n) is 0.166. The van der Waals surface area contributed by atoms with E-state index in [1.54, 1.807) is 0 Å². The molecule has 0 aliphatic carbocycles. The number of hydrogen-bond donors (Lipinski definition) is 0. The summed E-state index contributed by atoms with van der Waals surface area (Å²) in [6.07, 6.45) is 2.94. The molecule has 0 N–H and O–H groups in total. The summed E-state index contributed by atoms with van der Waals surface area (Å²) >= 11 is 0. The second kappa shape index (κ2) is 0.830. The predicted molar refractivity (Wildman–Crippen MR) is 18.6 cm³/mol. The van der Waals surface area contributed by atoms with Crippen molar-refractivity contribution in [1.82, 2.24) is 0 Å². The molecule has 1 radical (unpaired) electrons. The summed E-state index contributed by atoms with van der Waals surface area (Å²) in [4.78, 5) is 0. The zero-order valence-electron chi connectivity index (χ0n) is 2.90. The van der Waals surface area contributed by atoms with Crippen LogP contribution in [0.1, 0.15) is 0 Å². The van der Waals surface area contributed by atoms with E-state index in [0.29, 0.717) is 0 Å². The van der Waals surface area contributed by atoms with Crippen LogP contribution in [0.25, 0.3) is 0 Å². The van der Waals surface area contributed by atoms with Crippen LogP contribution in [0.3, 0.4) is 0 Å². The van der Waals surface area contributed by atoms with Crippen molar-refractivity contribution in [3.8, 4) is 0 Å². The highest BCUT2D eigenvalue weighted by Gasteiger charge is 2.16. The van der Waals surface area contributed by atoms with E-state index in [-0.39, 0.29) is 6.10 Å². The smallest absolute Gasteiger partial charge is 0.106 e. The first kappa shape index (κ1) is 2.91. The fraction of sp³-hybridized carbons (Fsp3) is 0.500. The van der Waals surface area contributed by atoms with E-state index in [0.717, 1.165) is 6.61 Å². The Hall–Kier alpha value is -0.300. The monoisotopic (exact) mass is 69.0 g/mol. The van der Waals surface area contributed by atoms with Gasteiger partial charge in [-0.1, -0.05) is 6.58 Å². The van der Waals surface area contributed by atoms with Crippen LogP contribution in [0.2, 0.25) is 0 Å². The fourth-order valence-corrected chi connectivity index (χ4v) is 0.166. The first-order chi connectivity index (χ1) is 2.43. The third-order valence-electron chi connectivity index (χ3n) is 0.561. The third kappa shape index (κ3) is 0.484. The quantitative estimate of drug-likeness (QED) is 0.405. The summed E-state index contributed by atoms with van der Waals surface area (Å²) in [5, 5.41) is 0. The normalized spacial score (nSPS) is 33.2. The Morgan fingerprint density at radius 3 is 2.60 bits per heavy atom. The summed E-state index contributed by atoms with van der Waals surface area (Å²) in [7, 11) is 0. The third-order valence-corrected chi connectivity index (χ3v) is 0.561. The van der Waals surface area contributed by atoms with Crippen LogP contribution < -0.4 is 0 Å². The molecule has 1 aliphatic rings. The number of ether oxygens (including phenoxy) is 1. The lowest BCUT2D eigenvalue weighted by atomic mass is 10.5. The zero-order chi connectivity index (χ0) is 3.70. The number of epoxide rings is 1. The van der Waals surface area contributed by atoms with Crippen molar-refractivity contribution in [2.45, 2.75) is 6.10 Å². The van der Waals surface area contributed by atoms with Crippen LogP contribution in [0.15, 0.2) is 6.58 Å². The Labute approximate surface area is 31.3 Å². The Bertz CT molecular complexity index is 45.6. The van der Waals surface area contributed by atoms with E-state index in [1.165, 1.54) is 0 Å². The lowest BCUT2D eigenvalue weighted by molar-refractivity contribution is 0.436. The highest BCUT2D eigenvalue weighted by atomic mass is 16.6. The van der Waals surface area contributed by atoms with Gasteiger partial charge in [-0.3, -0.25) is 0 Å². The van der Waals surface area contributed by atoms with Gasteiger partial charge in [-0.2, -0.15) is 0 Å². The Morgan fingerprint density at radius 1 is 2.00 bits per heavy atom. The molecule has 1 atom stereocenters. The maximum absolute atomic E-state index is 4.68. The van der Waals surface area contributed by atoms with Gasteiger partial charge in [-0.15, -0.1) is 0 Å². The van der Waals surface area contributed by atoms with Crippen molar-refractivity contribution in [3.05, 3.63) is 12.7 Å². The van der Waals surface area contributed by atoms with E-state index in [4.69, 9.17) is 0 Å². The molecule has 1 heterocycles. The van der Waals surface area contributed by atoms with Crippen molar-refractivity contribution < 1.29 is 4.74 Å². The average molecular weight is 69.1 g/mol. The van der Waals surface area contributed by atoms with Gasteiger partial charge in [0.25, 0.3) is 0 Å². The lowest BCUT2D eigenvalue weighted by Crippen LogP contribution is -1.67. The van der Waals surface area contributed by atoms with Gasteiger partial charge >= 0.3 is 0 Å². The van der Waals surface area contributed by atoms with Crippen LogP contribution in [0, 0.1) is 6.08 Å². The first-order valence-corrected chi connectivity index (χ1v) is 1.57. The van der Waals surface area contributed by atoms with E-state index in [1.807, 2.05) is 0 Å². The van der Waals surface area contributed by atoms with E-state index in [9.17, 15) is 0 Å². The van der Waals surface area contributed by atoms with Gasteiger partial charge < -0.3 is 4.74 Å². The molecule has 1 unspecified atom stereocenters. The van der Waals surface area contributed by atoms with Gasteiger partial charge in [0, 0.05) is 0 Å². The van der Waals surface area contributed by atoms with Crippen LogP contribution in [-0.2, 0) is 4.74 Å². The van der Waals surface area contributed by atoms with Gasteiger partial charge in [0.15, 0.2) is 0 Å². The van der Waals surface area contributed by atoms with Gasteiger partial charge in [0.2, 0.25) is 0 Å². The molecule has 1 fully saturated rings. The first-order valence-electron chi connectivity index (χ1n) is 1.57. The zero-order valence-corrected chi connectivity index (χ0v) is 2.90. The molecule has 1 saturated heterocycles. The number of rotatable bonds is 1.